The van der Waals surface area contributed by atoms with Crippen molar-refractivity contribution in [3.05, 3.63) is 29.3 Å². The van der Waals surface area contributed by atoms with Crippen LogP contribution in [0, 0.1) is 0 Å². The van der Waals surface area contributed by atoms with Gasteiger partial charge in [0.2, 0.25) is 5.91 Å². The highest BCUT2D eigenvalue weighted by Crippen LogP contribution is 2.17. The Bertz CT molecular complexity index is 458. The number of likely N-dealkylation sites (N-methyl/N-ethyl adjacent to an activating group) is 1. The lowest BCUT2D eigenvalue weighted by Crippen LogP contribution is -2.42. The normalized spacial score (nSPS) is 15.8. The van der Waals surface area contributed by atoms with Crippen molar-refractivity contribution in [2.75, 3.05) is 26.7 Å². The summed E-state index contributed by atoms with van der Waals surface area (Å²) in [6, 6.07) is 7.67. The van der Waals surface area contributed by atoms with Gasteiger partial charge < -0.3 is 10.1 Å². The highest BCUT2D eigenvalue weighted by molar-refractivity contribution is 6.30. The molecule has 122 valence electrons. The summed E-state index contributed by atoms with van der Waals surface area (Å²) in [5.74, 6) is 0.908. The molecule has 0 heterocycles. The molecule has 1 amide bonds. The highest BCUT2D eigenvalue weighted by atomic mass is 35.5. The van der Waals surface area contributed by atoms with Gasteiger partial charge in [0.05, 0.1) is 6.54 Å². The third kappa shape index (κ3) is 6.24. The average molecular weight is 325 g/mol. The molecule has 1 aromatic rings. The van der Waals surface area contributed by atoms with Crippen molar-refractivity contribution in [2.45, 2.75) is 38.1 Å². The summed E-state index contributed by atoms with van der Waals surface area (Å²) in [4.78, 5) is 14.0. The van der Waals surface area contributed by atoms with Crippen LogP contribution in [0.2, 0.25) is 5.02 Å². The topological polar surface area (TPSA) is 41.6 Å². The molecule has 2 rings (SSSR count). The van der Waals surface area contributed by atoms with Gasteiger partial charge in [-0.1, -0.05) is 30.9 Å². The van der Waals surface area contributed by atoms with Crippen molar-refractivity contribution in [2.24, 2.45) is 0 Å². The Kier molecular flexibility index (Phi) is 7.00. The number of nitrogens with zero attached hydrogens (tertiary/aromatic N) is 1. The van der Waals surface area contributed by atoms with Crippen molar-refractivity contribution in [1.82, 2.24) is 10.2 Å². The summed E-state index contributed by atoms with van der Waals surface area (Å²) in [5, 5.41) is 3.83. The molecule has 1 aliphatic carbocycles. The molecule has 5 heteroatoms. The number of benzene rings is 1. The van der Waals surface area contributed by atoms with Gasteiger partial charge in [0.25, 0.3) is 0 Å². The second kappa shape index (κ2) is 9.01. The Morgan fingerprint density at radius 3 is 2.64 bits per heavy atom. The number of hydrogen-bond acceptors (Lipinski definition) is 3. The van der Waals surface area contributed by atoms with Crippen LogP contribution in [-0.2, 0) is 4.79 Å². The number of halogens is 1. The van der Waals surface area contributed by atoms with Crippen molar-refractivity contribution >= 4 is 17.5 Å². The van der Waals surface area contributed by atoms with E-state index in [2.05, 4.69) is 5.32 Å². The molecular formula is C17H25ClN2O2. The van der Waals surface area contributed by atoms with Crippen LogP contribution in [0.1, 0.15) is 32.1 Å². The number of nitrogens with one attached hydrogen (secondary N) is 1. The van der Waals surface area contributed by atoms with Crippen molar-refractivity contribution in [3.63, 3.8) is 0 Å². The number of rotatable bonds is 7. The monoisotopic (exact) mass is 324 g/mol. The van der Waals surface area contributed by atoms with Gasteiger partial charge in [-0.05, 0) is 44.2 Å². The van der Waals surface area contributed by atoms with Crippen LogP contribution in [-0.4, -0.2) is 43.6 Å². The van der Waals surface area contributed by atoms with E-state index in [1.54, 1.807) is 12.1 Å². The van der Waals surface area contributed by atoms with Gasteiger partial charge in [-0.2, -0.15) is 0 Å². The van der Waals surface area contributed by atoms with E-state index >= 15 is 0 Å². The van der Waals surface area contributed by atoms with E-state index in [1.807, 2.05) is 24.1 Å². The SMILES string of the molecule is CN(CCOc1ccc(Cl)cc1)CC(=O)NC1CCCCC1. The van der Waals surface area contributed by atoms with E-state index in [-0.39, 0.29) is 5.91 Å². The van der Waals surface area contributed by atoms with Crippen LogP contribution in [0.5, 0.6) is 5.75 Å². The first-order valence-electron chi connectivity index (χ1n) is 8.00. The first-order chi connectivity index (χ1) is 10.6. The van der Waals surface area contributed by atoms with Crippen molar-refractivity contribution in [1.29, 1.82) is 0 Å². The van der Waals surface area contributed by atoms with E-state index < -0.39 is 0 Å². The Labute approximate surface area is 137 Å². The first kappa shape index (κ1) is 17.1. The third-order valence-corrected chi connectivity index (χ3v) is 4.19. The Morgan fingerprint density at radius 1 is 1.27 bits per heavy atom. The van der Waals surface area contributed by atoms with Crippen LogP contribution in [0.3, 0.4) is 0 Å². The molecule has 1 fully saturated rings. The summed E-state index contributed by atoms with van der Waals surface area (Å²) >= 11 is 5.83. The molecule has 4 nitrogen and oxygen atoms in total. The molecule has 0 radical (unpaired) electrons. The summed E-state index contributed by atoms with van der Waals surface area (Å²) < 4.78 is 5.63. The molecule has 0 aromatic heterocycles. The molecule has 22 heavy (non-hydrogen) atoms. The number of hydrogen-bond donors (Lipinski definition) is 1. The number of amides is 1. The Hall–Kier alpha value is -1.26. The van der Waals surface area contributed by atoms with Gasteiger partial charge >= 0.3 is 0 Å². The molecule has 0 bridgehead atoms. The second-order valence-electron chi connectivity index (χ2n) is 5.94. The maximum absolute atomic E-state index is 12.0. The van der Waals surface area contributed by atoms with Crippen molar-refractivity contribution in [3.8, 4) is 5.75 Å². The number of carbonyl (C=O) groups is 1. The summed E-state index contributed by atoms with van der Waals surface area (Å²) in [5.41, 5.74) is 0. The molecule has 0 spiro atoms. The van der Waals surface area contributed by atoms with Crippen molar-refractivity contribution < 1.29 is 9.53 Å². The minimum absolute atomic E-state index is 0.112. The zero-order valence-electron chi connectivity index (χ0n) is 13.2. The highest BCUT2D eigenvalue weighted by Gasteiger charge is 2.16. The first-order valence-corrected chi connectivity index (χ1v) is 8.37. The molecule has 0 unspecified atom stereocenters. The molecule has 1 aromatic carbocycles. The lowest BCUT2D eigenvalue weighted by atomic mass is 9.95. The zero-order valence-corrected chi connectivity index (χ0v) is 13.9. The predicted octanol–water partition coefficient (Wildman–Crippen LogP) is 3.10. The molecule has 1 aliphatic rings. The lowest BCUT2D eigenvalue weighted by molar-refractivity contribution is -0.122. The van der Waals surface area contributed by atoms with Crippen LogP contribution in [0.4, 0.5) is 0 Å². The standard InChI is InChI=1S/C17H25ClN2O2/c1-20(11-12-22-16-9-7-14(18)8-10-16)13-17(21)19-15-5-3-2-4-6-15/h7-10,15H,2-6,11-13H2,1H3,(H,19,21). The Morgan fingerprint density at radius 2 is 1.95 bits per heavy atom. The van der Waals surface area contributed by atoms with Crippen LogP contribution in [0.25, 0.3) is 0 Å². The summed E-state index contributed by atoms with van der Waals surface area (Å²) in [6.07, 6.45) is 6.00. The summed E-state index contributed by atoms with van der Waals surface area (Å²) in [7, 11) is 1.94. The fraction of sp³-hybridized carbons (Fsp3) is 0.588. The van der Waals surface area contributed by atoms with Crippen LogP contribution in [0.15, 0.2) is 24.3 Å². The van der Waals surface area contributed by atoms with E-state index in [4.69, 9.17) is 16.3 Å². The maximum atomic E-state index is 12.0. The van der Waals surface area contributed by atoms with Gasteiger partial charge in [0.1, 0.15) is 12.4 Å². The quantitative estimate of drug-likeness (QED) is 0.838. The molecule has 1 N–H and O–H groups in total. The smallest absolute Gasteiger partial charge is 0.234 e. The van der Waals surface area contributed by atoms with Gasteiger partial charge in [0, 0.05) is 17.6 Å². The fourth-order valence-corrected chi connectivity index (χ4v) is 2.82. The minimum Gasteiger partial charge on any atom is -0.492 e. The second-order valence-corrected chi connectivity index (χ2v) is 6.38. The summed E-state index contributed by atoms with van der Waals surface area (Å²) in [6.45, 7) is 1.68. The van der Waals surface area contributed by atoms with E-state index in [1.165, 1.54) is 19.3 Å². The van der Waals surface area contributed by atoms with Gasteiger partial charge in [-0.15, -0.1) is 0 Å². The van der Waals surface area contributed by atoms with Crippen LogP contribution >= 0.6 is 11.6 Å². The maximum Gasteiger partial charge on any atom is 0.234 e. The number of carbonyl (C=O) groups excluding carboxylic acids is 1. The molecular weight excluding hydrogens is 300 g/mol. The van der Waals surface area contributed by atoms with Gasteiger partial charge in [-0.3, -0.25) is 9.69 Å². The number of ether oxygens (including phenoxy) is 1. The van der Waals surface area contributed by atoms with E-state index in [0.717, 1.165) is 18.6 Å². The Balaban J connectivity index is 1.61. The zero-order chi connectivity index (χ0) is 15.8. The lowest BCUT2D eigenvalue weighted by Gasteiger charge is -2.24. The van der Waals surface area contributed by atoms with Crippen LogP contribution < -0.4 is 10.1 Å². The predicted molar refractivity (Wildman–Crippen MR) is 89.5 cm³/mol. The van der Waals surface area contributed by atoms with Gasteiger partial charge in [-0.25, -0.2) is 0 Å². The fourth-order valence-electron chi connectivity index (χ4n) is 2.69. The van der Waals surface area contributed by atoms with E-state index in [9.17, 15) is 4.79 Å². The largest absolute Gasteiger partial charge is 0.492 e. The molecule has 0 saturated heterocycles. The molecule has 1 saturated carbocycles. The van der Waals surface area contributed by atoms with E-state index in [0.29, 0.717) is 30.8 Å². The molecule has 0 atom stereocenters. The average Bonchev–Trinajstić information content (AvgIpc) is 2.50. The molecule has 0 aliphatic heterocycles. The third-order valence-electron chi connectivity index (χ3n) is 3.94. The van der Waals surface area contributed by atoms with Gasteiger partial charge in [0.15, 0.2) is 0 Å². The minimum atomic E-state index is 0.112.